The molecule has 170 valence electrons. The Hall–Kier alpha value is -4.03. The normalized spacial score (nSPS) is 11.6. The smallest absolute Gasteiger partial charge is 0.251 e. The van der Waals surface area contributed by atoms with E-state index in [1.165, 1.54) is 12.5 Å². The average molecular weight is 470 g/mol. The van der Waals surface area contributed by atoms with Gasteiger partial charge in [-0.1, -0.05) is 18.2 Å². The zero-order valence-corrected chi connectivity index (χ0v) is 19.6. The first kappa shape index (κ1) is 23.1. The van der Waals surface area contributed by atoms with E-state index in [-0.39, 0.29) is 11.8 Å². The zero-order chi connectivity index (χ0) is 23.9. The van der Waals surface area contributed by atoms with Gasteiger partial charge in [-0.25, -0.2) is 9.97 Å². The summed E-state index contributed by atoms with van der Waals surface area (Å²) in [7, 11) is 1.63. The fraction of sp³-hybridized carbons (Fsp3) is 0.200. The molecule has 1 amide bonds. The Kier molecular flexibility index (Phi) is 7.30. The summed E-state index contributed by atoms with van der Waals surface area (Å²) in [6.45, 7) is 0.624. The number of rotatable bonds is 8. The van der Waals surface area contributed by atoms with Crippen molar-refractivity contribution in [2.45, 2.75) is 5.92 Å². The lowest BCUT2D eigenvalue weighted by molar-refractivity contribution is 0.0964. The molecular weight excluding hydrogens is 446 g/mol. The standard InChI is InChI=1S/C25H23N7OS/c1-27-25(33)21-6-7-29-24-19(4-3-5-20(21)24)18(14-34-2)13-30-23-9-22(31-15-32-23)17-8-16(10-26)11-28-12-17/h3-9,11-12,15,18H,13-14H2,1-2H3,(H,27,33)(H,30,31,32). The van der Waals surface area contributed by atoms with E-state index in [2.05, 4.69) is 49.0 Å². The SMILES string of the molecule is CNC(=O)c1ccnc2c(C(CNc3cc(-c4cncc(C#N)c4)ncn3)CSC)cccc12. The van der Waals surface area contributed by atoms with Crippen LogP contribution in [0.5, 0.6) is 0 Å². The molecule has 0 spiro atoms. The van der Waals surface area contributed by atoms with Crippen LogP contribution in [0.2, 0.25) is 0 Å². The van der Waals surface area contributed by atoms with Crippen LogP contribution in [0.3, 0.4) is 0 Å². The van der Waals surface area contributed by atoms with Gasteiger partial charge in [0.2, 0.25) is 0 Å². The van der Waals surface area contributed by atoms with Crippen LogP contribution < -0.4 is 10.6 Å². The molecule has 4 rings (SSSR count). The molecule has 0 radical (unpaired) electrons. The van der Waals surface area contributed by atoms with Gasteiger partial charge in [0.1, 0.15) is 18.2 Å². The number of fused-ring (bicyclic) bond motifs is 1. The fourth-order valence-corrected chi connectivity index (χ4v) is 4.50. The second kappa shape index (κ2) is 10.7. The molecule has 0 aliphatic rings. The van der Waals surface area contributed by atoms with Crippen molar-refractivity contribution in [3.05, 3.63) is 78.0 Å². The van der Waals surface area contributed by atoms with Gasteiger partial charge in [0.25, 0.3) is 5.91 Å². The van der Waals surface area contributed by atoms with E-state index in [9.17, 15) is 4.79 Å². The first-order valence-corrected chi connectivity index (χ1v) is 12.0. The molecule has 0 aliphatic heterocycles. The van der Waals surface area contributed by atoms with Gasteiger partial charge in [-0.3, -0.25) is 14.8 Å². The highest BCUT2D eigenvalue weighted by atomic mass is 32.2. The van der Waals surface area contributed by atoms with Crippen LogP contribution in [0.25, 0.3) is 22.2 Å². The molecule has 1 atom stereocenters. The van der Waals surface area contributed by atoms with E-state index in [1.807, 2.05) is 18.2 Å². The van der Waals surface area contributed by atoms with Gasteiger partial charge in [0, 0.05) is 60.9 Å². The molecule has 0 bridgehead atoms. The summed E-state index contributed by atoms with van der Waals surface area (Å²) in [6, 6.07) is 13.4. The van der Waals surface area contributed by atoms with Gasteiger partial charge in [0.05, 0.1) is 22.3 Å². The summed E-state index contributed by atoms with van der Waals surface area (Å²) in [5.74, 6) is 1.54. The quantitative estimate of drug-likeness (QED) is 0.399. The van der Waals surface area contributed by atoms with Crippen LogP contribution in [0.15, 0.2) is 61.3 Å². The maximum absolute atomic E-state index is 12.3. The molecule has 3 aromatic heterocycles. The first-order valence-electron chi connectivity index (χ1n) is 10.6. The van der Waals surface area contributed by atoms with Crippen molar-refractivity contribution in [1.29, 1.82) is 5.26 Å². The predicted octanol–water partition coefficient (Wildman–Crippen LogP) is 3.88. The molecule has 9 heteroatoms. The van der Waals surface area contributed by atoms with Gasteiger partial charge < -0.3 is 10.6 Å². The molecule has 34 heavy (non-hydrogen) atoms. The van der Waals surface area contributed by atoms with Gasteiger partial charge in [-0.05, 0) is 24.0 Å². The van der Waals surface area contributed by atoms with Crippen molar-refractivity contribution >= 4 is 34.4 Å². The van der Waals surface area contributed by atoms with E-state index in [0.29, 0.717) is 29.2 Å². The summed E-state index contributed by atoms with van der Waals surface area (Å²) >= 11 is 1.75. The number of para-hydroxylation sites is 1. The third kappa shape index (κ3) is 4.97. The lowest BCUT2D eigenvalue weighted by Crippen LogP contribution is -2.19. The average Bonchev–Trinajstić information content (AvgIpc) is 2.90. The molecule has 4 aromatic rings. The van der Waals surface area contributed by atoms with Crippen LogP contribution in [0, 0.1) is 11.3 Å². The van der Waals surface area contributed by atoms with Gasteiger partial charge in [-0.15, -0.1) is 0 Å². The number of hydrogen-bond donors (Lipinski definition) is 2. The second-order valence-electron chi connectivity index (χ2n) is 7.58. The highest BCUT2D eigenvalue weighted by molar-refractivity contribution is 7.98. The summed E-state index contributed by atoms with van der Waals surface area (Å²) in [5.41, 5.74) is 4.43. The fourth-order valence-electron chi connectivity index (χ4n) is 3.80. The van der Waals surface area contributed by atoms with Gasteiger partial charge >= 0.3 is 0 Å². The third-order valence-electron chi connectivity index (χ3n) is 5.44. The number of amides is 1. The number of aromatic nitrogens is 4. The lowest BCUT2D eigenvalue weighted by Gasteiger charge is -2.19. The monoisotopic (exact) mass is 469 g/mol. The Labute approximate surface area is 201 Å². The van der Waals surface area contributed by atoms with Gasteiger partial charge in [0.15, 0.2) is 0 Å². The summed E-state index contributed by atoms with van der Waals surface area (Å²) in [6.07, 6.45) is 8.44. The molecular formula is C25H23N7OS. The number of hydrogen-bond acceptors (Lipinski definition) is 8. The minimum Gasteiger partial charge on any atom is -0.369 e. The lowest BCUT2D eigenvalue weighted by atomic mass is 9.95. The number of nitriles is 1. The van der Waals surface area contributed by atoms with Crippen molar-refractivity contribution in [3.63, 3.8) is 0 Å². The Morgan fingerprint density at radius 2 is 2.06 bits per heavy atom. The van der Waals surface area contributed by atoms with E-state index in [4.69, 9.17) is 5.26 Å². The summed E-state index contributed by atoms with van der Waals surface area (Å²) < 4.78 is 0. The van der Waals surface area contributed by atoms with Crippen LogP contribution in [-0.2, 0) is 0 Å². The molecule has 3 heterocycles. The van der Waals surface area contributed by atoms with E-state index < -0.39 is 0 Å². The van der Waals surface area contributed by atoms with Crippen molar-refractivity contribution in [2.75, 3.05) is 30.9 Å². The minimum atomic E-state index is -0.132. The number of pyridine rings is 2. The van der Waals surface area contributed by atoms with E-state index in [1.54, 1.807) is 43.3 Å². The zero-order valence-electron chi connectivity index (χ0n) is 18.8. The van der Waals surface area contributed by atoms with Crippen molar-refractivity contribution < 1.29 is 4.79 Å². The van der Waals surface area contributed by atoms with Crippen molar-refractivity contribution in [3.8, 4) is 17.3 Å². The number of thioether (sulfide) groups is 1. The number of benzene rings is 1. The van der Waals surface area contributed by atoms with Gasteiger partial charge in [-0.2, -0.15) is 17.0 Å². The molecule has 2 N–H and O–H groups in total. The number of carbonyl (C=O) groups excluding carboxylic acids is 1. The molecule has 8 nitrogen and oxygen atoms in total. The maximum Gasteiger partial charge on any atom is 0.251 e. The largest absolute Gasteiger partial charge is 0.369 e. The molecule has 0 saturated carbocycles. The van der Waals surface area contributed by atoms with E-state index in [0.717, 1.165) is 27.8 Å². The minimum absolute atomic E-state index is 0.132. The number of nitrogens with one attached hydrogen (secondary N) is 2. The van der Waals surface area contributed by atoms with Crippen LogP contribution >= 0.6 is 11.8 Å². The molecule has 0 fully saturated rings. The maximum atomic E-state index is 12.3. The molecule has 0 saturated heterocycles. The number of anilines is 1. The highest BCUT2D eigenvalue weighted by Crippen LogP contribution is 2.29. The van der Waals surface area contributed by atoms with Crippen LogP contribution in [0.1, 0.15) is 27.4 Å². The van der Waals surface area contributed by atoms with Crippen LogP contribution in [0.4, 0.5) is 5.82 Å². The molecule has 0 aliphatic carbocycles. The molecule has 1 unspecified atom stereocenters. The van der Waals surface area contributed by atoms with E-state index >= 15 is 0 Å². The predicted molar refractivity (Wildman–Crippen MR) is 135 cm³/mol. The Bertz CT molecular complexity index is 1370. The topological polar surface area (TPSA) is 116 Å². The molecule has 1 aromatic carbocycles. The van der Waals surface area contributed by atoms with Crippen molar-refractivity contribution in [1.82, 2.24) is 25.3 Å². The Morgan fingerprint density at radius 1 is 1.18 bits per heavy atom. The summed E-state index contributed by atoms with van der Waals surface area (Å²) in [4.78, 5) is 29.8. The summed E-state index contributed by atoms with van der Waals surface area (Å²) in [5, 5.41) is 16.1. The number of nitrogens with zero attached hydrogens (tertiary/aromatic N) is 5. The Morgan fingerprint density at radius 3 is 2.85 bits per heavy atom. The van der Waals surface area contributed by atoms with Crippen molar-refractivity contribution in [2.24, 2.45) is 0 Å². The highest BCUT2D eigenvalue weighted by Gasteiger charge is 2.18. The first-order chi connectivity index (χ1) is 16.6. The third-order valence-corrected chi connectivity index (χ3v) is 6.18. The Balaban J connectivity index is 1.61. The van der Waals surface area contributed by atoms with Crippen LogP contribution in [-0.4, -0.2) is 51.4 Å². The number of carbonyl (C=O) groups is 1. The second-order valence-corrected chi connectivity index (χ2v) is 8.49.